The first-order valence-electron chi connectivity index (χ1n) is 6.71. The molecule has 1 atom stereocenters. The van der Waals surface area contributed by atoms with Gasteiger partial charge in [-0.15, -0.1) is 0 Å². The largest absolute Gasteiger partial charge is 0.383 e. The smallest absolute Gasteiger partial charge is 0.0837 e. The van der Waals surface area contributed by atoms with Gasteiger partial charge in [0.05, 0.1) is 36.1 Å². The van der Waals surface area contributed by atoms with Gasteiger partial charge < -0.3 is 10.1 Å². The molecule has 0 saturated heterocycles. The van der Waals surface area contributed by atoms with E-state index in [1.54, 1.807) is 19.5 Å². The number of methoxy groups -OCH3 is 1. The molecule has 7 heteroatoms. The first-order chi connectivity index (χ1) is 10.2. The quantitative estimate of drug-likeness (QED) is 0.810. The summed E-state index contributed by atoms with van der Waals surface area (Å²) in [5.41, 5.74) is 1.96. The van der Waals surface area contributed by atoms with Crippen molar-refractivity contribution in [1.82, 2.24) is 20.1 Å². The van der Waals surface area contributed by atoms with E-state index >= 15 is 0 Å². The Balaban J connectivity index is 2.40. The second kappa shape index (κ2) is 7.89. The standard InChI is InChI=1S/C14H18BrClN4O/c1-3-18-13(10-6-11(15)8-17-7-10)14-12(16)9-19-20(14)4-5-21-2/h6-9,13,18H,3-5H2,1-2H3. The Bertz CT molecular complexity index is 590. The van der Waals surface area contributed by atoms with Crippen LogP contribution in [0, 0.1) is 0 Å². The lowest BCUT2D eigenvalue weighted by atomic mass is 10.1. The molecule has 0 aliphatic heterocycles. The second-order valence-corrected chi connectivity index (χ2v) is 5.84. The van der Waals surface area contributed by atoms with Crippen LogP contribution in [0.4, 0.5) is 0 Å². The van der Waals surface area contributed by atoms with E-state index in [9.17, 15) is 0 Å². The molecule has 0 aliphatic rings. The molecule has 0 aromatic carbocycles. The predicted molar refractivity (Wildman–Crippen MR) is 86.6 cm³/mol. The van der Waals surface area contributed by atoms with Crippen LogP contribution in [0.5, 0.6) is 0 Å². The van der Waals surface area contributed by atoms with Crippen molar-refractivity contribution >= 4 is 27.5 Å². The summed E-state index contributed by atoms with van der Waals surface area (Å²) in [4.78, 5) is 4.23. The minimum absolute atomic E-state index is 0.0631. The van der Waals surface area contributed by atoms with Gasteiger partial charge in [0.1, 0.15) is 0 Å². The zero-order chi connectivity index (χ0) is 15.2. The molecule has 2 aromatic rings. The highest BCUT2D eigenvalue weighted by Gasteiger charge is 2.22. The maximum Gasteiger partial charge on any atom is 0.0837 e. The van der Waals surface area contributed by atoms with Gasteiger partial charge in [-0.25, -0.2) is 0 Å². The third-order valence-electron chi connectivity index (χ3n) is 3.08. The summed E-state index contributed by atoms with van der Waals surface area (Å²) < 4.78 is 7.94. The number of pyridine rings is 1. The van der Waals surface area contributed by atoms with E-state index in [-0.39, 0.29) is 6.04 Å². The summed E-state index contributed by atoms with van der Waals surface area (Å²) in [6.45, 7) is 4.10. The monoisotopic (exact) mass is 372 g/mol. The third kappa shape index (κ3) is 4.03. The third-order valence-corrected chi connectivity index (χ3v) is 3.81. The average Bonchev–Trinajstić information content (AvgIpc) is 2.83. The SMILES string of the molecule is CCNC(c1cncc(Br)c1)c1c(Cl)cnn1CCOC. The van der Waals surface area contributed by atoms with Crippen LogP contribution in [-0.4, -0.2) is 35.0 Å². The summed E-state index contributed by atoms with van der Waals surface area (Å²) in [6, 6.07) is 1.97. The van der Waals surface area contributed by atoms with Gasteiger partial charge in [0, 0.05) is 24.0 Å². The zero-order valence-electron chi connectivity index (χ0n) is 12.0. The summed E-state index contributed by atoms with van der Waals surface area (Å²) in [7, 11) is 1.67. The Morgan fingerprint density at radius 2 is 2.24 bits per heavy atom. The Morgan fingerprint density at radius 1 is 1.43 bits per heavy atom. The first-order valence-corrected chi connectivity index (χ1v) is 7.88. The molecule has 0 aliphatic carbocycles. The van der Waals surface area contributed by atoms with Crippen molar-refractivity contribution in [3.05, 3.63) is 45.4 Å². The van der Waals surface area contributed by atoms with Crippen molar-refractivity contribution in [3.8, 4) is 0 Å². The predicted octanol–water partition coefficient (Wildman–Crippen LogP) is 3.04. The Kier molecular flexibility index (Phi) is 6.17. The highest BCUT2D eigenvalue weighted by atomic mass is 79.9. The van der Waals surface area contributed by atoms with Crippen LogP contribution in [0.25, 0.3) is 0 Å². The maximum absolute atomic E-state index is 6.35. The fourth-order valence-corrected chi connectivity index (χ4v) is 2.81. The molecular formula is C14H18BrClN4O. The van der Waals surface area contributed by atoms with Gasteiger partial charge in [-0.1, -0.05) is 18.5 Å². The number of hydrogen-bond donors (Lipinski definition) is 1. The fourth-order valence-electron chi connectivity index (χ4n) is 2.18. The van der Waals surface area contributed by atoms with E-state index in [2.05, 4.69) is 38.3 Å². The molecule has 1 N–H and O–H groups in total. The van der Waals surface area contributed by atoms with Gasteiger partial charge in [0.25, 0.3) is 0 Å². The van der Waals surface area contributed by atoms with Gasteiger partial charge >= 0.3 is 0 Å². The van der Waals surface area contributed by atoms with Crippen LogP contribution >= 0.6 is 27.5 Å². The number of halogens is 2. The summed E-state index contributed by atoms with van der Waals surface area (Å²) in [5, 5.41) is 8.41. The molecule has 0 fully saturated rings. The van der Waals surface area contributed by atoms with E-state index < -0.39 is 0 Å². The van der Waals surface area contributed by atoms with Crippen LogP contribution in [0.3, 0.4) is 0 Å². The molecule has 21 heavy (non-hydrogen) atoms. The summed E-state index contributed by atoms with van der Waals surface area (Å²) in [6.07, 6.45) is 5.26. The Labute approximate surface area is 137 Å². The van der Waals surface area contributed by atoms with E-state index in [1.807, 2.05) is 16.9 Å². The molecule has 0 bridgehead atoms. The zero-order valence-corrected chi connectivity index (χ0v) is 14.4. The number of aromatic nitrogens is 3. The second-order valence-electron chi connectivity index (χ2n) is 4.52. The first kappa shape index (κ1) is 16.4. The summed E-state index contributed by atoms with van der Waals surface area (Å²) in [5.74, 6) is 0. The summed E-state index contributed by atoms with van der Waals surface area (Å²) >= 11 is 9.81. The molecule has 114 valence electrons. The maximum atomic E-state index is 6.35. The molecule has 0 spiro atoms. The average molecular weight is 374 g/mol. The lowest BCUT2D eigenvalue weighted by Crippen LogP contribution is -2.26. The van der Waals surface area contributed by atoms with Crippen LogP contribution < -0.4 is 5.32 Å². The molecule has 2 aromatic heterocycles. The topological polar surface area (TPSA) is 52.0 Å². The van der Waals surface area contributed by atoms with Gasteiger partial charge in [0.15, 0.2) is 0 Å². The van der Waals surface area contributed by atoms with Gasteiger partial charge in [0.2, 0.25) is 0 Å². The molecule has 1 unspecified atom stereocenters. The minimum atomic E-state index is -0.0631. The number of rotatable bonds is 7. The van der Waals surface area contributed by atoms with Crippen LogP contribution in [0.2, 0.25) is 5.02 Å². The van der Waals surface area contributed by atoms with E-state index in [1.165, 1.54) is 0 Å². The Hall–Kier alpha value is -0.950. The molecule has 0 amide bonds. The highest BCUT2D eigenvalue weighted by Crippen LogP contribution is 2.29. The van der Waals surface area contributed by atoms with Crippen molar-refractivity contribution in [2.45, 2.75) is 19.5 Å². The number of hydrogen-bond acceptors (Lipinski definition) is 4. The van der Waals surface area contributed by atoms with Crippen molar-refractivity contribution in [2.75, 3.05) is 20.3 Å². The fraction of sp³-hybridized carbons (Fsp3) is 0.429. The van der Waals surface area contributed by atoms with Crippen LogP contribution in [0.1, 0.15) is 24.2 Å². The Morgan fingerprint density at radius 3 is 2.90 bits per heavy atom. The molecule has 0 saturated carbocycles. The van der Waals surface area contributed by atoms with Gasteiger partial charge in [-0.3, -0.25) is 9.67 Å². The number of nitrogens with zero attached hydrogens (tertiary/aromatic N) is 3. The lowest BCUT2D eigenvalue weighted by Gasteiger charge is -2.20. The molecule has 2 heterocycles. The number of nitrogens with one attached hydrogen (secondary N) is 1. The molecule has 5 nitrogen and oxygen atoms in total. The van der Waals surface area contributed by atoms with E-state index in [0.717, 1.165) is 22.3 Å². The highest BCUT2D eigenvalue weighted by molar-refractivity contribution is 9.10. The molecule has 0 radical (unpaired) electrons. The van der Waals surface area contributed by atoms with Crippen molar-refractivity contribution < 1.29 is 4.74 Å². The van der Waals surface area contributed by atoms with E-state index in [4.69, 9.17) is 16.3 Å². The van der Waals surface area contributed by atoms with Crippen molar-refractivity contribution in [1.29, 1.82) is 0 Å². The normalized spacial score (nSPS) is 12.6. The van der Waals surface area contributed by atoms with Crippen molar-refractivity contribution in [3.63, 3.8) is 0 Å². The van der Waals surface area contributed by atoms with Crippen LogP contribution in [-0.2, 0) is 11.3 Å². The lowest BCUT2D eigenvalue weighted by molar-refractivity contribution is 0.182. The van der Waals surface area contributed by atoms with Crippen molar-refractivity contribution in [2.24, 2.45) is 0 Å². The van der Waals surface area contributed by atoms with Crippen LogP contribution in [0.15, 0.2) is 29.1 Å². The molecular weight excluding hydrogens is 356 g/mol. The van der Waals surface area contributed by atoms with Gasteiger partial charge in [-0.2, -0.15) is 5.10 Å². The minimum Gasteiger partial charge on any atom is -0.383 e. The van der Waals surface area contributed by atoms with E-state index in [0.29, 0.717) is 18.2 Å². The molecule has 2 rings (SSSR count). The number of ether oxygens (including phenoxy) is 1. The van der Waals surface area contributed by atoms with Gasteiger partial charge in [-0.05, 0) is 34.1 Å².